The number of hydrogen-bond donors (Lipinski definition) is 1. The van der Waals surface area contributed by atoms with Crippen molar-refractivity contribution in [1.29, 1.82) is 0 Å². The van der Waals surface area contributed by atoms with Crippen LogP contribution in [0.15, 0.2) is 16.8 Å². The van der Waals surface area contributed by atoms with Crippen molar-refractivity contribution in [2.75, 3.05) is 0 Å². The van der Waals surface area contributed by atoms with Crippen LogP contribution in [0.1, 0.15) is 18.2 Å². The lowest BCUT2D eigenvalue weighted by Gasteiger charge is -2.04. The smallest absolute Gasteiger partial charge is 0.179 e. The number of aromatic amines is 1. The van der Waals surface area contributed by atoms with E-state index in [1.165, 1.54) is 5.56 Å². The van der Waals surface area contributed by atoms with Gasteiger partial charge in [0, 0.05) is 6.54 Å². The van der Waals surface area contributed by atoms with E-state index in [1.807, 2.05) is 11.6 Å². The van der Waals surface area contributed by atoms with Gasteiger partial charge in [0.05, 0.1) is 12.2 Å². The van der Waals surface area contributed by atoms with E-state index in [0.717, 1.165) is 34.7 Å². The molecule has 0 spiro atoms. The van der Waals surface area contributed by atoms with Crippen LogP contribution >= 0.6 is 23.6 Å². The Morgan fingerprint density at radius 1 is 1.50 bits per heavy atom. The van der Waals surface area contributed by atoms with E-state index in [1.54, 1.807) is 11.3 Å². The number of aromatic nitrogens is 4. The Kier molecular flexibility index (Phi) is 2.83. The van der Waals surface area contributed by atoms with Crippen LogP contribution in [0.5, 0.6) is 0 Å². The van der Waals surface area contributed by atoms with Crippen molar-refractivity contribution >= 4 is 34.7 Å². The van der Waals surface area contributed by atoms with Gasteiger partial charge in [-0.2, -0.15) is 16.4 Å². The number of thiophene rings is 1. The second-order valence-corrected chi connectivity index (χ2v) is 5.41. The van der Waals surface area contributed by atoms with E-state index in [-0.39, 0.29) is 0 Å². The van der Waals surface area contributed by atoms with E-state index in [0.29, 0.717) is 0 Å². The molecule has 0 saturated carbocycles. The lowest BCUT2D eigenvalue weighted by Crippen LogP contribution is -2.05. The minimum atomic E-state index is 0.763. The summed E-state index contributed by atoms with van der Waals surface area (Å²) in [5.41, 5.74) is 4.42. The van der Waals surface area contributed by atoms with Crippen molar-refractivity contribution in [3.05, 3.63) is 32.9 Å². The molecule has 0 aromatic carbocycles. The lowest BCUT2D eigenvalue weighted by molar-refractivity contribution is 0.644. The molecule has 0 bridgehead atoms. The first-order valence-electron chi connectivity index (χ1n) is 5.87. The second kappa shape index (κ2) is 4.37. The first-order valence-corrected chi connectivity index (χ1v) is 7.22. The number of fused-ring (bicyclic) bond motifs is 1. The topological polar surface area (TPSA) is 38.5 Å². The molecule has 0 aliphatic heterocycles. The first kappa shape index (κ1) is 11.7. The summed E-state index contributed by atoms with van der Waals surface area (Å²) in [6.07, 6.45) is 0. The Hall–Kier alpha value is -1.40. The number of aryl methyl sites for hydroxylation is 2. The minimum Gasteiger partial charge on any atom is -0.328 e. The van der Waals surface area contributed by atoms with Crippen LogP contribution in [0, 0.1) is 11.7 Å². The molecule has 4 nitrogen and oxygen atoms in total. The summed E-state index contributed by atoms with van der Waals surface area (Å²) >= 11 is 7.12. The average Bonchev–Trinajstić information content (AvgIpc) is 3.02. The van der Waals surface area contributed by atoms with E-state index >= 15 is 0 Å². The van der Waals surface area contributed by atoms with E-state index in [2.05, 4.69) is 38.4 Å². The Morgan fingerprint density at radius 2 is 2.33 bits per heavy atom. The van der Waals surface area contributed by atoms with Crippen molar-refractivity contribution in [1.82, 2.24) is 19.3 Å². The van der Waals surface area contributed by atoms with Crippen molar-refractivity contribution in [2.24, 2.45) is 0 Å². The fourth-order valence-electron chi connectivity index (χ4n) is 2.19. The molecule has 0 fully saturated rings. The Bertz CT molecular complexity index is 730. The molecule has 0 aliphatic rings. The largest absolute Gasteiger partial charge is 0.328 e. The van der Waals surface area contributed by atoms with Gasteiger partial charge < -0.3 is 4.98 Å². The van der Waals surface area contributed by atoms with Gasteiger partial charge in [-0.3, -0.25) is 4.57 Å². The van der Waals surface area contributed by atoms with E-state index < -0.39 is 0 Å². The highest BCUT2D eigenvalue weighted by Gasteiger charge is 2.13. The second-order valence-electron chi connectivity index (χ2n) is 4.25. The van der Waals surface area contributed by atoms with Crippen LogP contribution in [0.2, 0.25) is 0 Å². The van der Waals surface area contributed by atoms with Crippen LogP contribution in [-0.4, -0.2) is 19.3 Å². The van der Waals surface area contributed by atoms with Crippen LogP contribution in [-0.2, 0) is 13.1 Å². The standard InChI is InChI=1S/C12H14N4S2/c1-3-16-11-10(8(2)14-16)13-12(17)15(11)6-9-4-5-18-7-9/h4-5,7H,3,6H2,1-2H3,(H,13,17). The average molecular weight is 278 g/mol. The highest BCUT2D eigenvalue weighted by Crippen LogP contribution is 2.19. The first-order chi connectivity index (χ1) is 8.70. The van der Waals surface area contributed by atoms with Crippen LogP contribution in [0.3, 0.4) is 0 Å². The summed E-state index contributed by atoms with van der Waals surface area (Å²) in [6.45, 7) is 5.75. The number of rotatable bonds is 3. The Morgan fingerprint density at radius 3 is 3.00 bits per heavy atom. The van der Waals surface area contributed by atoms with Gasteiger partial charge in [0.1, 0.15) is 5.52 Å². The maximum absolute atomic E-state index is 5.42. The van der Waals surface area contributed by atoms with Crippen molar-refractivity contribution < 1.29 is 0 Å². The molecular weight excluding hydrogens is 264 g/mol. The SMILES string of the molecule is CCn1nc(C)c2[nH]c(=S)n(Cc3ccsc3)c21. The molecule has 3 aromatic heterocycles. The molecule has 0 radical (unpaired) electrons. The van der Waals surface area contributed by atoms with Crippen LogP contribution in [0.4, 0.5) is 0 Å². The number of H-pyrrole nitrogens is 1. The van der Waals surface area contributed by atoms with Gasteiger partial charge in [-0.1, -0.05) is 0 Å². The zero-order valence-corrected chi connectivity index (χ0v) is 11.9. The highest BCUT2D eigenvalue weighted by atomic mass is 32.1. The van der Waals surface area contributed by atoms with Crippen molar-refractivity contribution in [3.8, 4) is 0 Å². The monoisotopic (exact) mass is 278 g/mol. The molecule has 18 heavy (non-hydrogen) atoms. The zero-order valence-electron chi connectivity index (χ0n) is 10.3. The molecule has 6 heteroatoms. The van der Waals surface area contributed by atoms with Crippen molar-refractivity contribution in [2.45, 2.75) is 26.9 Å². The van der Waals surface area contributed by atoms with Gasteiger partial charge in [0.25, 0.3) is 0 Å². The summed E-state index contributed by atoms with van der Waals surface area (Å²) < 4.78 is 4.89. The summed E-state index contributed by atoms with van der Waals surface area (Å²) in [5.74, 6) is 0. The predicted octanol–water partition coefficient (Wildman–Crippen LogP) is 3.33. The number of imidazole rings is 1. The summed E-state index contributed by atoms with van der Waals surface area (Å²) in [5, 5.41) is 8.76. The van der Waals surface area contributed by atoms with Gasteiger partial charge in [0.15, 0.2) is 10.4 Å². The fourth-order valence-corrected chi connectivity index (χ4v) is 3.11. The Balaban J connectivity index is 2.21. The lowest BCUT2D eigenvalue weighted by atomic mass is 10.3. The number of hydrogen-bond acceptors (Lipinski definition) is 3. The zero-order chi connectivity index (χ0) is 12.7. The molecule has 94 valence electrons. The van der Waals surface area contributed by atoms with Gasteiger partial charge in [-0.15, -0.1) is 0 Å². The van der Waals surface area contributed by atoms with Gasteiger partial charge in [-0.05, 0) is 48.5 Å². The molecule has 0 saturated heterocycles. The van der Waals surface area contributed by atoms with E-state index in [9.17, 15) is 0 Å². The third-order valence-electron chi connectivity index (χ3n) is 3.05. The van der Waals surface area contributed by atoms with Gasteiger partial charge in [-0.25, -0.2) is 4.68 Å². The molecule has 1 N–H and O–H groups in total. The fraction of sp³-hybridized carbons (Fsp3) is 0.333. The maximum Gasteiger partial charge on any atom is 0.179 e. The number of nitrogens with zero attached hydrogens (tertiary/aromatic N) is 3. The van der Waals surface area contributed by atoms with Crippen LogP contribution < -0.4 is 0 Å². The molecular formula is C12H14N4S2. The highest BCUT2D eigenvalue weighted by molar-refractivity contribution is 7.71. The molecule has 3 rings (SSSR count). The third kappa shape index (κ3) is 1.72. The molecule has 0 amide bonds. The summed E-state index contributed by atoms with van der Waals surface area (Å²) in [4.78, 5) is 3.26. The molecule has 0 unspecified atom stereocenters. The van der Waals surface area contributed by atoms with Crippen molar-refractivity contribution in [3.63, 3.8) is 0 Å². The molecule has 0 atom stereocenters. The van der Waals surface area contributed by atoms with Gasteiger partial charge in [0.2, 0.25) is 0 Å². The van der Waals surface area contributed by atoms with E-state index in [4.69, 9.17) is 12.2 Å². The number of nitrogens with one attached hydrogen (secondary N) is 1. The maximum atomic E-state index is 5.42. The Labute approximate surface area is 114 Å². The molecule has 0 aliphatic carbocycles. The molecule has 3 aromatic rings. The van der Waals surface area contributed by atoms with Crippen LogP contribution in [0.25, 0.3) is 11.2 Å². The predicted molar refractivity (Wildman–Crippen MR) is 76.7 cm³/mol. The normalized spacial score (nSPS) is 11.4. The summed E-state index contributed by atoms with van der Waals surface area (Å²) in [6, 6.07) is 2.13. The molecule has 3 heterocycles. The summed E-state index contributed by atoms with van der Waals surface area (Å²) in [7, 11) is 0. The minimum absolute atomic E-state index is 0.763. The third-order valence-corrected chi connectivity index (χ3v) is 4.11. The van der Waals surface area contributed by atoms with Gasteiger partial charge >= 0.3 is 0 Å². The quantitative estimate of drug-likeness (QED) is 0.746.